The van der Waals surface area contributed by atoms with Gasteiger partial charge in [-0.3, -0.25) is 9.59 Å². The summed E-state index contributed by atoms with van der Waals surface area (Å²) in [6, 6.07) is 31.1. The van der Waals surface area contributed by atoms with Gasteiger partial charge in [-0.25, -0.2) is 4.98 Å². The van der Waals surface area contributed by atoms with Gasteiger partial charge in [0.2, 0.25) is 5.91 Å². The van der Waals surface area contributed by atoms with Crippen molar-refractivity contribution in [3.8, 4) is 0 Å². The van der Waals surface area contributed by atoms with E-state index in [0.29, 0.717) is 38.0 Å². The maximum absolute atomic E-state index is 13.8. The number of nitrogens with one attached hydrogen (secondary N) is 5. The van der Waals surface area contributed by atoms with E-state index in [1.54, 1.807) is 24.5 Å². The lowest BCUT2D eigenvalue weighted by molar-refractivity contribution is -0.123. The summed E-state index contributed by atoms with van der Waals surface area (Å²) >= 11 is 0. The Hall–Kier alpha value is -4.79. The van der Waals surface area contributed by atoms with E-state index in [-0.39, 0.29) is 23.4 Å². The highest BCUT2D eigenvalue weighted by atomic mass is 16.2. The number of amides is 2. The minimum absolute atomic E-state index is 0.199. The zero-order chi connectivity index (χ0) is 32.4. The van der Waals surface area contributed by atoms with Crippen LogP contribution in [-0.2, 0) is 23.4 Å². The average molecular weight is 617 g/mol. The van der Waals surface area contributed by atoms with Crippen molar-refractivity contribution in [1.29, 1.82) is 0 Å². The molecule has 0 saturated heterocycles. The summed E-state index contributed by atoms with van der Waals surface area (Å²) in [7, 11) is 0. The van der Waals surface area contributed by atoms with Gasteiger partial charge < -0.3 is 26.3 Å². The summed E-state index contributed by atoms with van der Waals surface area (Å²) in [5, 5.41) is 15.4. The van der Waals surface area contributed by atoms with Crippen LogP contribution >= 0.6 is 0 Å². The molecule has 238 valence electrons. The first-order valence-electron chi connectivity index (χ1n) is 16.0. The van der Waals surface area contributed by atoms with E-state index >= 15 is 0 Å². The smallest absolute Gasteiger partial charge is 0.251 e. The quantitative estimate of drug-likeness (QED) is 0.0909. The number of fused-ring (bicyclic) bond motifs is 1. The van der Waals surface area contributed by atoms with Gasteiger partial charge in [0.25, 0.3) is 5.91 Å². The maximum atomic E-state index is 13.8. The Bertz CT molecular complexity index is 1700. The number of aromatic amines is 1. The molecule has 5 aromatic rings. The topological polar surface area (TPSA) is 111 Å². The van der Waals surface area contributed by atoms with Crippen LogP contribution in [0.5, 0.6) is 0 Å². The summed E-state index contributed by atoms with van der Waals surface area (Å²) < 4.78 is 0. The fourth-order valence-electron chi connectivity index (χ4n) is 5.69. The molecule has 1 aromatic heterocycles. The number of carbonyl (C=O) groups is 2. The number of hydrogen-bond donors (Lipinski definition) is 5. The second kappa shape index (κ2) is 15.5. The lowest BCUT2D eigenvalue weighted by Crippen LogP contribution is -2.48. The zero-order valence-electron chi connectivity index (χ0n) is 26.8. The molecule has 2 amide bonds. The van der Waals surface area contributed by atoms with E-state index in [0.717, 1.165) is 27.7 Å². The summed E-state index contributed by atoms with van der Waals surface area (Å²) in [5.74, 6) is 0.398. The van der Waals surface area contributed by atoms with Gasteiger partial charge >= 0.3 is 0 Å². The molecule has 1 heterocycles. The van der Waals surface area contributed by atoms with Crippen LogP contribution in [0, 0.1) is 0 Å². The van der Waals surface area contributed by atoms with Gasteiger partial charge in [0.15, 0.2) is 0 Å². The monoisotopic (exact) mass is 616 g/mol. The van der Waals surface area contributed by atoms with E-state index in [1.807, 2.05) is 61.5 Å². The fraction of sp³-hybridized carbons (Fsp3) is 0.289. The molecule has 5 N–H and O–H groups in total. The molecule has 0 radical (unpaired) electrons. The lowest BCUT2D eigenvalue weighted by atomic mass is 9.94. The Morgan fingerprint density at radius 3 is 2.35 bits per heavy atom. The van der Waals surface area contributed by atoms with Crippen molar-refractivity contribution in [3.05, 3.63) is 138 Å². The van der Waals surface area contributed by atoms with Crippen LogP contribution in [0.15, 0.2) is 109 Å². The summed E-state index contributed by atoms with van der Waals surface area (Å²) in [6.07, 6.45) is 4.72. The van der Waals surface area contributed by atoms with Gasteiger partial charge in [-0.2, -0.15) is 0 Å². The molecule has 8 heteroatoms. The SMILES string of the molecule is CC(NC(=O)[C@H](CCCNC(C)(C)c1ccccc1)NC(=O)c1ccc(CNCc2ncc[nH]2)cc1)c1cccc2ccccc12. The molecule has 5 rings (SSSR count). The van der Waals surface area contributed by atoms with Crippen LogP contribution < -0.4 is 21.3 Å². The number of nitrogens with zero attached hydrogens (tertiary/aromatic N) is 1. The Labute approximate surface area is 271 Å². The lowest BCUT2D eigenvalue weighted by Gasteiger charge is -2.28. The largest absolute Gasteiger partial charge is 0.348 e. The van der Waals surface area contributed by atoms with Gasteiger partial charge in [0, 0.05) is 30.0 Å². The number of H-pyrrole nitrogens is 1. The van der Waals surface area contributed by atoms with Crippen molar-refractivity contribution in [2.24, 2.45) is 0 Å². The molecule has 0 aliphatic heterocycles. The third-order valence-corrected chi connectivity index (χ3v) is 8.39. The van der Waals surface area contributed by atoms with E-state index < -0.39 is 6.04 Å². The first kappa shape index (κ1) is 32.6. The molecule has 46 heavy (non-hydrogen) atoms. The predicted octanol–water partition coefficient (Wildman–Crippen LogP) is 6.13. The van der Waals surface area contributed by atoms with Gasteiger partial charge in [0.1, 0.15) is 11.9 Å². The number of rotatable bonds is 15. The first-order chi connectivity index (χ1) is 22.3. The van der Waals surface area contributed by atoms with E-state index in [1.165, 1.54) is 5.56 Å². The molecule has 1 unspecified atom stereocenters. The highest BCUT2D eigenvalue weighted by Gasteiger charge is 2.25. The summed E-state index contributed by atoms with van der Waals surface area (Å²) in [4.78, 5) is 34.5. The summed E-state index contributed by atoms with van der Waals surface area (Å²) in [6.45, 7) is 8.25. The Balaban J connectivity index is 1.23. The summed E-state index contributed by atoms with van der Waals surface area (Å²) in [5.41, 5.74) is 3.58. The number of hydrogen-bond acceptors (Lipinski definition) is 5. The zero-order valence-corrected chi connectivity index (χ0v) is 26.8. The standard InChI is InChI=1S/C38H44N6O2/c1-27(32-16-9-12-29-11-7-8-15-33(29)32)43-37(46)34(17-10-22-42-38(2,3)31-13-5-4-6-14-31)44-36(45)30-20-18-28(19-21-30)25-39-26-35-40-23-24-41-35/h4-9,11-16,18-21,23-24,27,34,39,42H,10,17,22,25-26H2,1-3H3,(H,40,41)(H,43,46)(H,44,45)/t27?,34-/m0/s1. The van der Waals surface area contributed by atoms with Gasteiger partial charge in [-0.15, -0.1) is 0 Å². The minimum atomic E-state index is -0.693. The highest BCUT2D eigenvalue weighted by Crippen LogP contribution is 2.24. The second-order valence-electron chi connectivity index (χ2n) is 12.2. The molecule has 2 atom stereocenters. The second-order valence-corrected chi connectivity index (χ2v) is 12.2. The van der Waals surface area contributed by atoms with Gasteiger partial charge in [-0.1, -0.05) is 84.9 Å². The van der Waals surface area contributed by atoms with Gasteiger partial charge in [-0.05, 0) is 79.8 Å². The fourth-order valence-corrected chi connectivity index (χ4v) is 5.69. The minimum Gasteiger partial charge on any atom is -0.348 e. The normalized spacial score (nSPS) is 12.8. The van der Waals surface area contributed by atoms with Crippen molar-refractivity contribution in [3.63, 3.8) is 0 Å². The molecular weight excluding hydrogens is 572 g/mol. The van der Waals surface area contributed by atoms with Crippen LogP contribution in [0.1, 0.15) is 72.5 Å². The number of imidazole rings is 1. The number of benzene rings is 4. The highest BCUT2D eigenvalue weighted by molar-refractivity contribution is 5.97. The third kappa shape index (κ3) is 8.68. The van der Waals surface area contributed by atoms with Crippen molar-refractivity contribution in [2.75, 3.05) is 6.54 Å². The molecule has 0 fully saturated rings. The van der Waals surface area contributed by atoms with Crippen molar-refractivity contribution in [1.82, 2.24) is 31.2 Å². The van der Waals surface area contributed by atoms with Crippen molar-refractivity contribution in [2.45, 2.75) is 64.3 Å². The van der Waals surface area contributed by atoms with Crippen LogP contribution in [0.25, 0.3) is 10.8 Å². The van der Waals surface area contributed by atoms with Crippen LogP contribution in [-0.4, -0.2) is 34.4 Å². The first-order valence-corrected chi connectivity index (χ1v) is 16.0. The molecule has 4 aromatic carbocycles. The Morgan fingerprint density at radius 1 is 0.848 bits per heavy atom. The van der Waals surface area contributed by atoms with E-state index in [4.69, 9.17) is 0 Å². The van der Waals surface area contributed by atoms with Crippen LogP contribution in [0.2, 0.25) is 0 Å². The Morgan fingerprint density at radius 2 is 1.59 bits per heavy atom. The maximum Gasteiger partial charge on any atom is 0.251 e. The van der Waals surface area contributed by atoms with Crippen LogP contribution in [0.4, 0.5) is 0 Å². The van der Waals surface area contributed by atoms with Crippen molar-refractivity contribution >= 4 is 22.6 Å². The number of carbonyl (C=O) groups excluding carboxylic acids is 2. The molecular formula is C38H44N6O2. The molecule has 0 spiro atoms. The molecule has 0 aliphatic rings. The molecule has 0 aliphatic carbocycles. The van der Waals surface area contributed by atoms with Crippen LogP contribution in [0.3, 0.4) is 0 Å². The molecule has 8 nitrogen and oxygen atoms in total. The average Bonchev–Trinajstić information content (AvgIpc) is 3.60. The molecule has 0 saturated carbocycles. The molecule has 0 bridgehead atoms. The number of aromatic nitrogens is 2. The van der Waals surface area contributed by atoms with Crippen molar-refractivity contribution < 1.29 is 9.59 Å². The van der Waals surface area contributed by atoms with Gasteiger partial charge in [0.05, 0.1) is 12.6 Å². The predicted molar refractivity (Wildman–Crippen MR) is 184 cm³/mol. The van der Waals surface area contributed by atoms with E-state index in [2.05, 4.69) is 75.4 Å². The van der Waals surface area contributed by atoms with E-state index in [9.17, 15) is 9.59 Å². The third-order valence-electron chi connectivity index (χ3n) is 8.39. The Kier molecular flexibility index (Phi) is 11.0.